The number of esters is 1. The van der Waals surface area contributed by atoms with Crippen molar-refractivity contribution in [3.63, 3.8) is 0 Å². The molecule has 0 saturated carbocycles. The zero-order valence-corrected chi connectivity index (χ0v) is 17.3. The molecule has 2 aromatic carbocycles. The average Bonchev–Trinajstić information content (AvgIpc) is 3.09. The molecule has 30 heavy (non-hydrogen) atoms. The Morgan fingerprint density at radius 1 is 1.20 bits per heavy atom. The lowest BCUT2D eigenvalue weighted by atomic mass is 10.2. The molecule has 2 N–H and O–H groups in total. The number of amides is 1. The van der Waals surface area contributed by atoms with Gasteiger partial charge in [-0.2, -0.15) is 8.42 Å². The van der Waals surface area contributed by atoms with Gasteiger partial charge in [0.05, 0.1) is 35.3 Å². The van der Waals surface area contributed by atoms with Crippen LogP contribution in [0.4, 0.5) is 10.7 Å². The summed E-state index contributed by atoms with van der Waals surface area (Å²) in [5.74, 6) is -0.613. The zero-order valence-electron chi connectivity index (χ0n) is 15.8. The standard InChI is InChI=1S/C18H16ClN3O7S/c1-3-28-16(23)12-6-4-10(8-13(12)19)29-30(25,26)11-5-7-14-15(9-11)21-17(20-14)22-18(24)27-2/h4-9H,3H2,1-2H3,(H2,20,21,22,24). The fraction of sp³-hybridized carbons (Fsp3) is 0.167. The van der Waals surface area contributed by atoms with Crippen molar-refractivity contribution in [1.82, 2.24) is 9.97 Å². The lowest BCUT2D eigenvalue weighted by Crippen LogP contribution is -2.11. The summed E-state index contributed by atoms with van der Waals surface area (Å²) in [4.78, 5) is 29.8. The molecule has 0 aliphatic heterocycles. The van der Waals surface area contributed by atoms with E-state index in [-0.39, 0.29) is 33.8 Å². The summed E-state index contributed by atoms with van der Waals surface area (Å²) in [6.07, 6.45) is -0.728. The van der Waals surface area contributed by atoms with Crippen molar-refractivity contribution in [2.45, 2.75) is 11.8 Å². The molecule has 1 amide bonds. The SMILES string of the molecule is CCOC(=O)c1ccc(OS(=O)(=O)c2ccc3nc(NC(=O)OC)[nH]c3c2)cc1Cl. The Bertz CT molecular complexity index is 1220. The first-order chi connectivity index (χ1) is 14.2. The smallest absolute Gasteiger partial charge is 0.413 e. The quantitative estimate of drug-likeness (QED) is 0.428. The number of rotatable bonds is 6. The van der Waals surface area contributed by atoms with Crippen molar-refractivity contribution >= 4 is 50.8 Å². The maximum Gasteiger partial charge on any atom is 0.413 e. The van der Waals surface area contributed by atoms with E-state index in [2.05, 4.69) is 20.0 Å². The molecule has 1 heterocycles. The molecule has 1 aromatic heterocycles. The highest BCUT2D eigenvalue weighted by molar-refractivity contribution is 7.87. The number of aromatic nitrogens is 2. The fourth-order valence-electron chi connectivity index (χ4n) is 2.45. The summed E-state index contributed by atoms with van der Waals surface area (Å²) in [5.41, 5.74) is 0.858. The van der Waals surface area contributed by atoms with Crippen LogP contribution in [-0.4, -0.2) is 44.2 Å². The van der Waals surface area contributed by atoms with Gasteiger partial charge >= 0.3 is 22.2 Å². The number of fused-ring (bicyclic) bond motifs is 1. The maximum absolute atomic E-state index is 12.6. The number of methoxy groups -OCH3 is 1. The molecule has 3 aromatic rings. The molecule has 3 rings (SSSR count). The number of nitrogens with zero attached hydrogens (tertiary/aromatic N) is 1. The van der Waals surface area contributed by atoms with E-state index in [4.69, 9.17) is 20.5 Å². The van der Waals surface area contributed by atoms with Crippen molar-refractivity contribution in [3.05, 3.63) is 47.0 Å². The summed E-state index contributed by atoms with van der Waals surface area (Å²) in [6, 6.07) is 7.86. The second-order valence-electron chi connectivity index (χ2n) is 5.78. The first-order valence-corrected chi connectivity index (χ1v) is 10.3. The Hall–Kier alpha value is -3.31. The molecule has 158 valence electrons. The highest BCUT2D eigenvalue weighted by Gasteiger charge is 2.20. The normalized spacial score (nSPS) is 11.2. The number of imidazole rings is 1. The largest absolute Gasteiger partial charge is 0.462 e. The van der Waals surface area contributed by atoms with Crippen LogP contribution in [0.2, 0.25) is 5.02 Å². The monoisotopic (exact) mass is 453 g/mol. The van der Waals surface area contributed by atoms with Crippen LogP contribution < -0.4 is 9.50 Å². The van der Waals surface area contributed by atoms with Crippen LogP contribution in [0.25, 0.3) is 11.0 Å². The summed E-state index contributed by atoms with van der Waals surface area (Å²) in [5, 5.41) is 2.34. The third-order valence-corrected chi connectivity index (χ3v) is 5.35. The van der Waals surface area contributed by atoms with Gasteiger partial charge in [0.25, 0.3) is 0 Å². The van der Waals surface area contributed by atoms with E-state index in [1.54, 1.807) is 6.92 Å². The van der Waals surface area contributed by atoms with E-state index in [0.717, 1.165) is 0 Å². The summed E-state index contributed by atoms with van der Waals surface area (Å²) < 4.78 is 39.7. The van der Waals surface area contributed by atoms with E-state index >= 15 is 0 Å². The Kier molecular flexibility index (Phi) is 6.13. The minimum atomic E-state index is -4.22. The topological polar surface area (TPSA) is 137 Å². The van der Waals surface area contributed by atoms with Gasteiger partial charge < -0.3 is 18.6 Å². The van der Waals surface area contributed by atoms with Crippen molar-refractivity contribution in [2.75, 3.05) is 19.0 Å². The Morgan fingerprint density at radius 3 is 2.63 bits per heavy atom. The van der Waals surface area contributed by atoms with Crippen LogP contribution in [0, 0.1) is 0 Å². The minimum Gasteiger partial charge on any atom is -0.462 e. The molecular weight excluding hydrogens is 438 g/mol. The molecule has 0 radical (unpaired) electrons. The number of benzene rings is 2. The second kappa shape index (κ2) is 8.59. The van der Waals surface area contributed by atoms with Crippen LogP contribution in [0.5, 0.6) is 5.75 Å². The maximum atomic E-state index is 12.6. The van der Waals surface area contributed by atoms with Crippen LogP contribution in [0.15, 0.2) is 41.3 Å². The number of ether oxygens (including phenoxy) is 2. The van der Waals surface area contributed by atoms with Crippen molar-refractivity contribution < 1.29 is 31.7 Å². The lowest BCUT2D eigenvalue weighted by Gasteiger charge is -2.09. The number of hydrogen-bond acceptors (Lipinski definition) is 8. The van der Waals surface area contributed by atoms with Crippen molar-refractivity contribution in [2.24, 2.45) is 0 Å². The summed E-state index contributed by atoms with van der Waals surface area (Å²) >= 11 is 6.04. The molecule has 0 atom stereocenters. The van der Waals surface area contributed by atoms with Crippen LogP contribution in [0.3, 0.4) is 0 Å². The second-order valence-corrected chi connectivity index (χ2v) is 7.73. The molecule has 0 fully saturated rings. The third-order valence-electron chi connectivity index (χ3n) is 3.79. The number of carbonyl (C=O) groups excluding carboxylic acids is 2. The molecule has 0 spiro atoms. The van der Waals surface area contributed by atoms with E-state index < -0.39 is 22.2 Å². The Morgan fingerprint density at radius 2 is 1.97 bits per heavy atom. The highest BCUT2D eigenvalue weighted by atomic mass is 35.5. The highest BCUT2D eigenvalue weighted by Crippen LogP contribution is 2.27. The molecule has 12 heteroatoms. The van der Waals surface area contributed by atoms with Gasteiger partial charge in [-0.3, -0.25) is 5.32 Å². The van der Waals surface area contributed by atoms with Gasteiger partial charge in [-0.05, 0) is 37.3 Å². The van der Waals surface area contributed by atoms with E-state index in [1.165, 1.54) is 43.5 Å². The van der Waals surface area contributed by atoms with Gasteiger partial charge in [0.15, 0.2) is 0 Å². The summed E-state index contributed by atoms with van der Waals surface area (Å²) in [6.45, 7) is 1.83. The van der Waals surface area contributed by atoms with Gasteiger partial charge in [0.1, 0.15) is 10.6 Å². The van der Waals surface area contributed by atoms with Crippen molar-refractivity contribution in [3.8, 4) is 5.75 Å². The Balaban J connectivity index is 1.84. The molecule has 0 saturated heterocycles. The fourth-order valence-corrected chi connectivity index (χ4v) is 3.65. The van der Waals surface area contributed by atoms with Crippen molar-refractivity contribution in [1.29, 1.82) is 0 Å². The molecule has 0 aliphatic carbocycles. The number of nitrogens with one attached hydrogen (secondary N) is 2. The van der Waals surface area contributed by atoms with E-state index in [0.29, 0.717) is 11.0 Å². The average molecular weight is 454 g/mol. The van der Waals surface area contributed by atoms with Crippen LogP contribution >= 0.6 is 11.6 Å². The molecule has 0 aliphatic rings. The van der Waals surface area contributed by atoms with Gasteiger partial charge in [-0.15, -0.1) is 0 Å². The molecule has 10 nitrogen and oxygen atoms in total. The van der Waals surface area contributed by atoms with Gasteiger partial charge in [-0.25, -0.2) is 14.6 Å². The molecular formula is C18H16ClN3O7S. The van der Waals surface area contributed by atoms with Crippen LogP contribution in [0.1, 0.15) is 17.3 Å². The number of anilines is 1. The predicted octanol–water partition coefficient (Wildman–Crippen LogP) is 3.34. The summed E-state index contributed by atoms with van der Waals surface area (Å²) in [7, 11) is -3.02. The number of aromatic amines is 1. The van der Waals surface area contributed by atoms with Gasteiger partial charge in [0.2, 0.25) is 5.95 Å². The van der Waals surface area contributed by atoms with E-state index in [9.17, 15) is 18.0 Å². The first-order valence-electron chi connectivity index (χ1n) is 8.49. The predicted molar refractivity (Wildman–Crippen MR) is 107 cm³/mol. The molecule has 0 unspecified atom stereocenters. The Labute approximate surface area is 176 Å². The minimum absolute atomic E-state index is 0.0105. The molecule has 0 bridgehead atoms. The first kappa shape index (κ1) is 21.4. The van der Waals surface area contributed by atoms with Crippen LogP contribution in [-0.2, 0) is 19.6 Å². The van der Waals surface area contributed by atoms with Gasteiger partial charge in [0, 0.05) is 6.07 Å². The lowest BCUT2D eigenvalue weighted by molar-refractivity contribution is 0.0526. The number of H-pyrrole nitrogens is 1. The van der Waals surface area contributed by atoms with Gasteiger partial charge in [-0.1, -0.05) is 11.6 Å². The number of halogens is 1. The number of hydrogen-bond donors (Lipinski definition) is 2. The third kappa shape index (κ3) is 4.63. The van der Waals surface area contributed by atoms with E-state index in [1.807, 2.05) is 0 Å². The number of carbonyl (C=O) groups is 2. The zero-order chi connectivity index (χ0) is 21.9.